The van der Waals surface area contributed by atoms with Gasteiger partial charge >= 0.3 is 13.3 Å². The van der Waals surface area contributed by atoms with E-state index in [9.17, 15) is 4.79 Å². The van der Waals surface area contributed by atoms with Crippen molar-refractivity contribution in [3.8, 4) is 16.9 Å². The second kappa shape index (κ2) is 9.66. The average Bonchev–Trinajstić information content (AvgIpc) is 3.16. The van der Waals surface area contributed by atoms with Crippen LogP contribution in [0.3, 0.4) is 0 Å². The van der Waals surface area contributed by atoms with E-state index in [0.717, 1.165) is 45.8 Å². The van der Waals surface area contributed by atoms with Crippen molar-refractivity contribution in [1.82, 2.24) is 14.5 Å². The number of methoxy groups -OCH3 is 1. The first-order valence-corrected chi connectivity index (χ1v) is 11.0. The van der Waals surface area contributed by atoms with Crippen LogP contribution in [0.25, 0.3) is 22.3 Å². The highest BCUT2D eigenvalue weighted by atomic mass is 16.6. The van der Waals surface area contributed by atoms with Crippen molar-refractivity contribution < 1.29 is 24.2 Å². The minimum absolute atomic E-state index is 0.219. The number of nitrogens with zero attached hydrogens (tertiary/aromatic N) is 3. The molecule has 0 aliphatic heterocycles. The minimum Gasteiger partial charge on any atom is -0.512 e. The number of rotatable bonds is 7. The Kier molecular flexibility index (Phi) is 6.67. The summed E-state index contributed by atoms with van der Waals surface area (Å²) in [6, 6.07) is 14.4. The Balaban J connectivity index is 1.71. The molecule has 8 nitrogen and oxygen atoms in total. The highest BCUT2D eigenvalue weighted by molar-refractivity contribution is 6.33. The Hall–Kier alpha value is -3.69. The zero-order valence-corrected chi connectivity index (χ0v) is 19.6. The Morgan fingerprint density at radius 1 is 1.06 bits per heavy atom. The molecular formula is C25H26BN3O5. The number of hydrogen-bond acceptors (Lipinski definition) is 7. The van der Waals surface area contributed by atoms with Gasteiger partial charge in [0.2, 0.25) is 0 Å². The molecule has 0 saturated heterocycles. The van der Waals surface area contributed by atoms with Crippen molar-refractivity contribution in [2.75, 3.05) is 7.11 Å². The second-order valence-corrected chi connectivity index (χ2v) is 8.06. The van der Waals surface area contributed by atoms with Crippen molar-refractivity contribution in [2.45, 2.75) is 33.7 Å². The van der Waals surface area contributed by atoms with E-state index in [1.54, 1.807) is 6.07 Å². The van der Waals surface area contributed by atoms with Crippen LogP contribution >= 0.6 is 0 Å². The van der Waals surface area contributed by atoms with Crippen LogP contribution in [-0.2, 0) is 17.7 Å². The molecule has 0 fully saturated rings. The quantitative estimate of drug-likeness (QED) is 0.322. The van der Waals surface area contributed by atoms with Crippen LogP contribution in [0, 0.1) is 13.8 Å². The molecule has 9 heteroatoms. The van der Waals surface area contributed by atoms with Gasteiger partial charge in [-0.3, -0.25) is 0 Å². The molecule has 0 aliphatic carbocycles. The van der Waals surface area contributed by atoms with Gasteiger partial charge in [0.25, 0.3) is 0 Å². The van der Waals surface area contributed by atoms with E-state index in [1.165, 1.54) is 19.2 Å². The van der Waals surface area contributed by atoms with Crippen LogP contribution in [0.5, 0.6) is 5.75 Å². The van der Waals surface area contributed by atoms with Gasteiger partial charge < -0.3 is 24.0 Å². The lowest BCUT2D eigenvalue weighted by Crippen LogP contribution is -2.20. The number of imidazole rings is 1. The zero-order valence-electron chi connectivity index (χ0n) is 19.6. The fraction of sp³-hybridized carbons (Fsp3) is 0.240. The molecule has 0 atom stereocenters. The summed E-state index contributed by atoms with van der Waals surface area (Å²) in [5.41, 5.74) is 6.58. The molecule has 174 valence electrons. The van der Waals surface area contributed by atoms with Crippen LogP contribution in [0.1, 0.15) is 39.9 Å². The van der Waals surface area contributed by atoms with Gasteiger partial charge in [-0.25, -0.2) is 14.8 Å². The van der Waals surface area contributed by atoms with E-state index in [-0.39, 0.29) is 5.75 Å². The summed E-state index contributed by atoms with van der Waals surface area (Å²) in [7, 11) is -0.646. The Morgan fingerprint density at radius 3 is 2.44 bits per heavy atom. The molecule has 2 N–H and O–H groups in total. The second-order valence-electron chi connectivity index (χ2n) is 8.06. The number of aromatic nitrogens is 3. The van der Waals surface area contributed by atoms with E-state index < -0.39 is 13.3 Å². The maximum atomic E-state index is 12.3. The third-order valence-corrected chi connectivity index (χ3v) is 5.66. The number of fused-ring (bicyclic) bond motifs is 1. The lowest BCUT2D eigenvalue weighted by atomic mass is 9.98. The van der Waals surface area contributed by atoms with Crippen LogP contribution in [-0.4, -0.2) is 45.0 Å². The minimum atomic E-state index is -1.96. The lowest BCUT2D eigenvalue weighted by molar-refractivity contribution is 0.0601. The molecule has 2 aromatic heterocycles. The van der Waals surface area contributed by atoms with Crippen LogP contribution in [0.15, 0.2) is 48.5 Å². The van der Waals surface area contributed by atoms with E-state index in [2.05, 4.69) is 18.4 Å². The molecule has 0 unspecified atom stereocenters. The van der Waals surface area contributed by atoms with Gasteiger partial charge in [0.1, 0.15) is 17.1 Å². The smallest absolute Gasteiger partial charge is 0.512 e. The highest BCUT2D eigenvalue weighted by Crippen LogP contribution is 2.30. The molecule has 0 radical (unpaired) electrons. The molecule has 0 spiro atoms. The monoisotopic (exact) mass is 459 g/mol. The summed E-state index contributed by atoms with van der Waals surface area (Å²) in [6.45, 7) is 6.72. The number of carbonyl (C=O) groups is 1. The van der Waals surface area contributed by atoms with E-state index in [0.29, 0.717) is 17.7 Å². The van der Waals surface area contributed by atoms with Gasteiger partial charge in [-0.05, 0) is 60.4 Å². The van der Waals surface area contributed by atoms with Gasteiger partial charge in [0, 0.05) is 12.1 Å². The first-order valence-electron chi connectivity index (χ1n) is 11.0. The van der Waals surface area contributed by atoms with Crippen LogP contribution in [0.4, 0.5) is 0 Å². The number of benzene rings is 2. The largest absolute Gasteiger partial charge is 0.707 e. The number of pyridine rings is 1. The summed E-state index contributed by atoms with van der Waals surface area (Å²) >= 11 is 0. The molecule has 34 heavy (non-hydrogen) atoms. The third-order valence-electron chi connectivity index (χ3n) is 5.66. The van der Waals surface area contributed by atoms with Crippen molar-refractivity contribution >= 4 is 24.5 Å². The molecule has 0 saturated carbocycles. The lowest BCUT2D eigenvalue weighted by Gasteiger charge is -2.13. The van der Waals surface area contributed by atoms with E-state index >= 15 is 0 Å². The van der Waals surface area contributed by atoms with Crippen molar-refractivity contribution in [3.63, 3.8) is 0 Å². The van der Waals surface area contributed by atoms with Gasteiger partial charge in [-0.15, -0.1) is 0 Å². The maximum Gasteiger partial charge on any atom is 0.707 e. The first-order chi connectivity index (χ1) is 16.3. The molecular weight excluding hydrogens is 433 g/mol. The number of esters is 1. The number of hydrogen-bond donors (Lipinski definition) is 2. The van der Waals surface area contributed by atoms with Crippen molar-refractivity contribution in [2.24, 2.45) is 0 Å². The molecule has 2 aromatic carbocycles. The average molecular weight is 459 g/mol. The maximum absolute atomic E-state index is 12.3. The fourth-order valence-corrected chi connectivity index (χ4v) is 4.10. The molecule has 2 heterocycles. The van der Waals surface area contributed by atoms with Crippen LogP contribution in [0.2, 0.25) is 0 Å². The Bertz CT molecular complexity index is 1350. The van der Waals surface area contributed by atoms with Crippen molar-refractivity contribution in [3.05, 3.63) is 76.7 Å². The number of ether oxygens (including phenoxy) is 1. The molecule has 0 aliphatic rings. The highest BCUT2D eigenvalue weighted by Gasteiger charge is 2.18. The summed E-state index contributed by atoms with van der Waals surface area (Å²) in [5, 5.41) is 18.3. The predicted octanol–water partition coefficient (Wildman–Crippen LogP) is 3.46. The summed E-state index contributed by atoms with van der Waals surface area (Å²) in [5.74, 6) is 0.696. The zero-order chi connectivity index (χ0) is 24.4. The Labute approximate surface area is 198 Å². The van der Waals surface area contributed by atoms with Crippen LogP contribution < -0.4 is 4.65 Å². The standard InChI is InChI=1S/C25H26BN3O5/c1-5-22-28-23-15(2)12-16(3)27-24(23)29(22)14-17-6-8-18(9-7-17)21-13-19(34-26(31)32)10-11-20(21)25(30)33-4/h6-13,31-32H,5,14H2,1-4H3. The molecule has 0 amide bonds. The molecule has 0 bridgehead atoms. The summed E-state index contributed by atoms with van der Waals surface area (Å²) < 4.78 is 12.0. The fourth-order valence-electron chi connectivity index (χ4n) is 4.10. The van der Waals surface area contributed by atoms with Gasteiger partial charge in [-0.1, -0.05) is 31.2 Å². The first kappa shape index (κ1) is 23.5. The van der Waals surface area contributed by atoms with Crippen molar-refractivity contribution in [1.29, 1.82) is 0 Å². The summed E-state index contributed by atoms with van der Waals surface area (Å²) in [4.78, 5) is 21.8. The Morgan fingerprint density at radius 2 is 1.79 bits per heavy atom. The normalized spacial score (nSPS) is 11.0. The van der Waals surface area contributed by atoms with Gasteiger partial charge in [0.15, 0.2) is 5.65 Å². The number of carbonyl (C=O) groups excluding carboxylic acids is 1. The predicted molar refractivity (Wildman–Crippen MR) is 130 cm³/mol. The number of aryl methyl sites for hydroxylation is 3. The topological polar surface area (TPSA) is 107 Å². The molecule has 4 rings (SSSR count). The van der Waals surface area contributed by atoms with Gasteiger partial charge in [0.05, 0.1) is 19.2 Å². The van der Waals surface area contributed by atoms with Gasteiger partial charge in [-0.2, -0.15) is 0 Å². The van der Waals surface area contributed by atoms with E-state index in [1.807, 2.05) is 37.3 Å². The summed E-state index contributed by atoms with van der Waals surface area (Å²) in [6.07, 6.45) is 0.791. The van der Waals surface area contributed by atoms with E-state index in [4.69, 9.17) is 29.4 Å². The third kappa shape index (κ3) is 4.66. The SMILES string of the molecule is CCc1nc2c(C)cc(C)nc2n1Cc1ccc(-c2cc(OB(O)O)ccc2C(=O)OC)cc1. The molecule has 4 aromatic rings.